The molecule has 41 heteroatoms. The number of nitrogens with zero attached hydrogens (tertiary/aromatic N) is 5. The maximum atomic E-state index is 12.6. The predicted molar refractivity (Wildman–Crippen MR) is 448 cm³/mol. The van der Waals surface area contributed by atoms with Gasteiger partial charge in [0.15, 0.2) is 0 Å². The number of amides is 2. The first-order chi connectivity index (χ1) is 53.7. The van der Waals surface area contributed by atoms with Gasteiger partial charge < -0.3 is 70.9 Å². The number of nitro benzene ring substituents is 3. The van der Waals surface area contributed by atoms with Crippen molar-refractivity contribution in [1.82, 2.24) is 0 Å². The zero-order valence-electron chi connectivity index (χ0n) is 60.7. The van der Waals surface area contributed by atoms with Crippen LogP contribution in [0, 0.1) is 30.3 Å². The maximum absolute atomic E-state index is 12.6. The number of carboxylic acids is 2. The van der Waals surface area contributed by atoms with E-state index in [2.05, 4.69) is 33.2 Å². The summed E-state index contributed by atoms with van der Waals surface area (Å²) >= 11 is 6.81. The van der Waals surface area contributed by atoms with Gasteiger partial charge in [0.05, 0.1) is 69.8 Å². The normalized spacial score (nSPS) is 10.1. The van der Waals surface area contributed by atoms with Gasteiger partial charge in [-0.25, -0.2) is 9.59 Å². The van der Waals surface area contributed by atoms with E-state index in [-0.39, 0.29) is 101 Å². The van der Waals surface area contributed by atoms with Crippen LogP contribution < -0.4 is 58.7 Å². The number of alkyl halides is 1. The van der Waals surface area contributed by atoms with Crippen LogP contribution in [0.4, 0.5) is 56.9 Å². The monoisotopic (exact) mass is 1930 g/mol. The van der Waals surface area contributed by atoms with Crippen molar-refractivity contribution in [3.8, 4) is 17.2 Å². The molecular formula is C74H66Cl3CuIN10O24SSn. The largest absolute Gasteiger partial charge is 0 e. The molecule has 13 rings (SSSR count). The van der Waals surface area contributed by atoms with Gasteiger partial charge in [0, 0.05) is 166 Å². The van der Waals surface area contributed by atoms with E-state index in [1.54, 1.807) is 78.9 Å². The number of carbonyl (C=O) groups is 4. The number of aromatic carboxylic acids is 2. The minimum atomic E-state index is -4.67. The number of phenols is 1. The number of rotatable bonds is 11. The molecule has 13 aromatic rings. The summed E-state index contributed by atoms with van der Waals surface area (Å²) in [5, 5.41) is 66.4. The Kier molecular flexibility index (Phi) is 36.9. The number of hydrogen-bond donors (Lipinski definition) is 10. The van der Waals surface area contributed by atoms with Crippen molar-refractivity contribution in [1.29, 1.82) is 0 Å². The minimum absolute atomic E-state index is 0. The zero-order valence-corrected chi connectivity index (χ0v) is 69.7. The van der Waals surface area contributed by atoms with Gasteiger partial charge in [0.1, 0.15) is 56.3 Å². The number of nitro groups is 3. The first-order valence-corrected chi connectivity index (χ1v) is 43.0. The molecule has 2 amide bonds. The molecule has 13 N–H and O–H groups in total. The Hall–Kier alpha value is -11.9. The Morgan fingerprint density at radius 3 is 1.15 bits per heavy atom. The van der Waals surface area contributed by atoms with E-state index in [0.29, 0.717) is 88.7 Å². The Labute approximate surface area is 697 Å². The van der Waals surface area contributed by atoms with E-state index in [4.69, 9.17) is 97.5 Å². The Bertz CT molecular complexity index is 5950. The van der Waals surface area contributed by atoms with Crippen molar-refractivity contribution in [2.24, 2.45) is 0 Å². The number of ether oxygens (including phenoxy) is 1. The van der Waals surface area contributed by atoms with Gasteiger partial charge in [-0.1, -0.05) is 46.3 Å². The number of fused-ring (bicyclic) bond motifs is 6. The van der Waals surface area contributed by atoms with Crippen molar-refractivity contribution in [3.63, 3.8) is 0 Å². The van der Waals surface area contributed by atoms with Gasteiger partial charge in [-0.3, -0.25) is 63.4 Å². The number of halogens is 4. The predicted octanol–water partition coefficient (Wildman–Crippen LogP) is 15.4. The number of hydrogen-bond acceptors (Lipinski definition) is 25. The number of nitrogen functional groups attached to an aromatic ring is 3. The number of phenolic OH excluding ortho intramolecular Hbond substituents is 1. The molecule has 115 heavy (non-hydrogen) atoms. The molecule has 0 saturated carbocycles. The summed E-state index contributed by atoms with van der Waals surface area (Å²) in [7, 11) is 13.1. The van der Waals surface area contributed by atoms with Crippen LogP contribution in [0.5, 0.6) is 17.2 Å². The first kappa shape index (κ1) is 95.5. The molecular weight excluding hydrogens is 1860 g/mol. The number of aromatic hydroxyl groups is 1. The van der Waals surface area contributed by atoms with Crippen molar-refractivity contribution < 1.29 is 102 Å². The van der Waals surface area contributed by atoms with Crippen LogP contribution in [-0.4, -0.2) is 123 Å². The zero-order chi connectivity index (χ0) is 85.2. The molecule has 0 aliphatic carbocycles. The number of carbonyl (C=O) groups excluding carboxylic acids is 2. The van der Waals surface area contributed by atoms with E-state index in [9.17, 15) is 63.9 Å². The van der Waals surface area contributed by atoms with Crippen molar-refractivity contribution in [2.75, 3.05) is 70.8 Å². The molecule has 0 aliphatic rings. The van der Waals surface area contributed by atoms with Gasteiger partial charge in [-0.2, -0.15) is 8.42 Å². The fourth-order valence-electron chi connectivity index (χ4n) is 9.67. The molecule has 10 aromatic carbocycles. The third-order valence-electron chi connectivity index (χ3n) is 14.6. The van der Waals surface area contributed by atoms with Crippen LogP contribution >= 0.6 is 52.0 Å². The van der Waals surface area contributed by atoms with Crippen LogP contribution in [0.25, 0.3) is 65.8 Å². The fraction of sp³-hybridized carbons (Fsp3) is 0.0946. The number of nitrogens with two attached hydrogens (primary N) is 3. The number of non-ortho nitro benzene ring substituents is 3. The number of nitrogens with one attached hydrogen (secondary N) is 2. The smallest absolute Gasteiger partial charge is 0 e. The van der Waals surface area contributed by atoms with E-state index in [1.165, 1.54) is 56.3 Å². The molecule has 0 unspecified atom stereocenters. The molecule has 0 atom stereocenters. The molecule has 0 fully saturated rings. The molecule has 3 aromatic heterocycles. The van der Waals surface area contributed by atoms with Gasteiger partial charge in [-0.15, -0.1) is 0 Å². The Morgan fingerprint density at radius 1 is 0.487 bits per heavy atom. The van der Waals surface area contributed by atoms with E-state index < -0.39 is 56.0 Å². The Morgan fingerprint density at radius 2 is 0.800 bits per heavy atom. The summed E-state index contributed by atoms with van der Waals surface area (Å²) < 4.78 is 54.1. The third-order valence-corrected chi connectivity index (χ3v) is 14.9. The summed E-state index contributed by atoms with van der Waals surface area (Å²) in [6.45, 7) is 2.76. The van der Waals surface area contributed by atoms with Crippen LogP contribution in [0.3, 0.4) is 0 Å². The van der Waals surface area contributed by atoms with Crippen LogP contribution in [0.15, 0.2) is 222 Å². The fourth-order valence-corrected chi connectivity index (χ4v) is 9.93. The average molecular weight is 1930 g/mol. The average Bonchev–Trinajstić information content (AvgIpc) is 0.787. The third kappa shape index (κ3) is 28.9. The SMILES string of the molecule is CC(=O)Nc1cccc(O)c1.CC(=O)Nc1cccc(Oc2cc([N+](=O)[O-])ccc2C(=O)O)c1.CI.CN(C)c1ccc2c(=O)c3ccc(N(C)C)cc3oc2c1.Nc1ccc2c(=O)c3ccc(N)cc3oc2c1.Nc1ccc2c(=O)c3ccc([N+](=O)[O-])cc3oc2c1.O=C(O)c1ccc([N+](=O)[O-])cc1Cl.O=S(=O)(O)O.[Cl][Sn][Cl].[Cu]. The van der Waals surface area contributed by atoms with E-state index >= 15 is 0 Å². The van der Waals surface area contributed by atoms with E-state index in [0.717, 1.165) is 47.8 Å². The molecule has 3 radical (unpaired) electrons. The van der Waals surface area contributed by atoms with Gasteiger partial charge >= 0.3 is 59.1 Å². The van der Waals surface area contributed by atoms with Crippen molar-refractivity contribution in [3.05, 3.63) is 271 Å². The summed E-state index contributed by atoms with van der Waals surface area (Å²) in [6, 6.07) is 49.0. The molecule has 3 heterocycles. The molecule has 605 valence electrons. The van der Waals surface area contributed by atoms with Crippen molar-refractivity contribution >= 4 is 228 Å². The molecule has 0 spiro atoms. The number of benzene rings is 10. The topological polar surface area (TPSA) is 541 Å². The second kappa shape index (κ2) is 44.5. The van der Waals surface area contributed by atoms with Gasteiger partial charge in [0.2, 0.25) is 28.1 Å². The van der Waals surface area contributed by atoms with E-state index in [1.807, 2.05) is 79.3 Å². The molecule has 0 aliphatic heterocycles. The summed E-state index contributed by atoms with van der Waals surface area (Å²) in [5.74, 6) is -2.67. The quantitative estimate of drug-likeness (QED) is 0.00840. The maximum Gasteiger partial charge on any atom is 0 e. The summed E-state index contributed by atoms with van der Waals surface area (Å²) in [4.78, 5) is 116. The van der Waals surface area contributed by atoms with Crippen LogP contribution in [0.1, 0.15) is 34.6 Å². The first-order valence-electron chi connectivity index (χ1n) is 31.8. The molecule has 0 bridgehead atoms. The minimum Gasteiger partial charge on any atom is 0 e. The standard InChI is InChI=1S/C17H18N2O2.C15H12N2O6.C13H8N2O4.C13H10N2O2.C8H9NO2.C7H4ClNO4.CH3I.2ClH.Cu.H2O4S.Sn/c1-18(2)11-5-7-13-15(9-11)21-16-10-12(19(3)4)6-8-14(16)17(13)20;1-9(18)16-10-3-2-4-12(7-10)23-14-8-11(17(21)22)5-6-13(14)15(19)20;14-7-1-3-9-11(5-7)19-12-6-8(15(17)18)2-4-10(12)13(9)16;14-7-1-3-9-11(5-7)17-12-6-8(15)2-4-10(12)13(9)16;1-6(10)9-7-3-2-4-8(11)5-7;8-6-3-4(9(12)13)1-2-5(6)7(10)11;1-2;;;;1-5(2,3)4;/h5-10H,1-4H3;2-8H,1H3,(H,16,18)(H,19,20);1-6H,14H2;1-6H,14-15H2;2-5,11H,1H3,(H,9,10);1-3H,(H,10,11);1H3;2*1H;;(H2,1,2,3,4);/q;;;;;;;;;;;+2/p-2. The van der Waals surface area contributed by atoms with Crippen LogP contribution in [0.2, 0.25) is 5.02 Å². The second-order valence-electron chi connectivity index (χ2n) is 23.2. The number of carboxylic acid groups (broad SMARTS) is 2. The molecule has 34 nitrogen and oxygen atoms in total. The number of anilines is 7. The Balaban J connectivity index is 0.000000287. The van der Waals surface area contributed by atoms with Crippen LogP contribution in [-0.2, 0) is 37.1 Å². The van der Waals surface area contributed by atoms with Gasteiger partial charge in [-0.05, 0) is 108 Å². The summed E-state index contributed by atoms with van der Waals surface area (Å²) in [6.07, 6.45) is 0. The van der Waals surface area contributed by atoms with Crippen molar-refractivity contribution in [2.45, 2.75) is 13.8 Å². The summed E-state index contributed by atoms with van der Waals surface area (Å²) in [5.41, 5.74) is 23.0. The van der Waals surface area contributed by atoms with Gasteiger partial charge in [0.25, 0.3) is 17.1 Å². The second-order valence-corrected chi connectivity index (χ2v) is 28.7. The molecule has 0 saturated heterocycles.